The molecule has 0 saturated heterocycles. The van der Waals surface area contributed by atoms with Gasteiger partial charge in [0.15, 0.2) is 11.5 Å². The van der Waals surface area contributed by atoms with Crippen LogP contribution < -0.4 is 14.8 Å². The highest BCUT2D eigenvalue weighted by Crippen LogP contribution is 2.28. The Kier molecular flexibility index (Phi) is 7.22. The molecule has 1 amide bonds. The molecule has 1 aromatic carbocycles. The van der Waals surface area contributed by atoms with Crippen molar-refractivity contribution in [2.75, 3.05) is 19.8 Å². The smallest absolute Gasteiger partial charge is 0.303 e. The third-order valence-corrected chi connectivity index (χ3v) is 2.94. The maximum Gasteiger partial charge on any atom is 0.303 e. The quantitative estimate of drug-likeness (QED) is 0.731. The molecule has 1 atom stereocenters. The van der Waals surface area contributed by atoms with E-state index >= 15 is 0 Å². The van der Waals surface area contributed by atoms with Crippen LogP contribution >= 0.6 is 0 Å². The second-order valence-corrected chi connectivity index (χ2v) is 4.94. The van der Waals surface area contributed by atoms with Gasteiger partial charge in [-0.15, -0.1) is 0 Å². The van der Waals surface area contributed by atoms with Crippen molar-refractivity contribution in [3.05, 3.63) is 23.8 Å². The molecule has 6 nitrogen and oxygen atoms in total. The standard InChI is InChI=1S/C16H23NO5/c1-4-21-13-7-6-12(9-14(13)22-5-2)16(20)17-10-11(3)8-15(18)19/h6-7,9,11H,4-5,8,10H2,1-3H3,(H,17,20)(H,18,19). The summed E-state index contributed by atoms with van der Waals surface area (Å²) < 4.78 is 10.9. The van der Waals surface area contributed by atoms with E-state index in [1.54, 1.807) is 25.1 Å². The Morgan fingerprint density at radius 2 is 1.82 bits per heavy atom. The number of hydrogen-bond donors (Lipinski definition) is 2. The Bertz CT molecular complexity index is 515. The van der Waals surface area contributed by atoms with Gasteiger partial charge < -0.3 is 19.9 Å². The molecule has 6 heteroatoms. The van der Waals surface area contributed by atoms with E-state index in [0.29, 0.717) is 36.8 Å². The lowest BCUT2D eigenvalue weighted by Gasteiger charge is -2.13. The zero-order chi connectivity index (χ0) is 16.5. The van der Waals surface area contributed by atoms with Crippen LogP contribution in [0.5, 0.6) is 11.5 Å². The van der Waals surface area contributed by atoms with Crippen LogP contribution in [0.3, 0.4) is 0 Å². The molecule has 0 heterocycles. The lowest BCUT2D eigenvalue weighted by atomic mass is 10.1. The number of carbonyl (C=O) groups is 2. The fraction of sp³-hybridized carbons (Fsp3) is 0.500. The molecule has 1 unspecified atom stereocenters. The number of hydrogen-bond acceptors (Lipinski definition) is 4. The third kappa shape index (κ3) is 5.63. The van der Waals surface area contributed by atoms with Gasteiger partial charge in [0, 0.05) is 18.5 Å². The number of ether oxygens (including phenoxy) is 2. The maximum absolute atomic E-state index is 12.1. The minimum atomic E-state index is -0.874. The molecule has 22 heavy (non-hydrogen) atoms. The van der Waals surface area contributed by atoms with Gasteiger partial charge in [0.1, 0.15) is 0 Å². The number of nitrogens with one attached hydrogen (secondary N) is 1. The average Bonchev–Trinajstić information content (AvgIpc) is 2.46. The summed E-state index contributed by atoms with van der Waals surface area (Å²) in [5, 5.41) is 11.4. The van der Waals surface area contributed by atoms with Crippen molar-refractivity contribution >= 4 is 11.9 Å². The number of carboxylic acids is 1. The average molecular weight is 309 g/mol. The van der Waals surface area contributed by atoms with E-state index in [1.807, 2.05) is 13.8 Å². The van der Waals surface area contributed by atoms with Crippen molar-refractivity contribution in [3.63, 3.8) is 0 Å². The van der Waals surface area contributed by atoms with Crippen molar-refractivity contribution in [1.82, 2.24) is 5.32 Å². The fourth-order valence-electron chi connectivity index (χ4n) is 1.93. The summed E-state index contributed by atoms with van der Waals surface area (Å²) in [4.78, 5) is 22.7. The number of amides is 1. The van der Waals surface area contributed by atoms with Crippen LogP contribution in [0.4, 0.5) is 0 Å². The summed E-state index contributed by atoms with van der Waals surface area (Å²) in [5.74, 6) is -0.145. The van der Waals surface area contributed by atoms with Gasteiger partial charge in [-0.1, -0.05) is 6.92 Å². The van der Waals surface area contributed by atoms with E-state index in [0.717, 1.165) is 0 Å². The second kappa shape index (κ2) is 8.92. The van der Waals surface area contributed by atoms with Crippen molar-refractivity contribution in [2.24, 2.45) is 5.92 Å². The van der Waals surface area contributed by atoms with Crippen LogP contribution in [0.1, 0.15) is 37.6 Å². The van der Waals surface area contributed by atoms with Crippen molar-refractivity contribution in [3.8, 4) is 11.5 Å². The van der Waals surface area contributed by atoms with Crippen LogP contribution in [0, 0.1) is 5.92 Å². The molecular weight excluding hydrogens is 286 g/mol. The number of carboxylic acid groups (broad SMARTS) is 1. The minimum Gasteiger partial charge on any atom is -0.490 e. The summed E-state index contributed by atoms with van der Waals surface area (Å²) in [6, 6.07) is 4.99. The number of benzene rings is 1. The van der Waals surface area contributed by atoms with E-state index in [2.05, 4.69) is 5.32 Å². The largest absolute Gasteiger partial charge is 0.490 e. The van der Waals surface area contributed by atoms with E-state index < -0.39 is 5.97 Å². The third-order valence-electron chi connectivity index (χ3n) is 2.94. The Hall–Kier alpha value is -2.24. The molecule has 0 radical (unpaired) electrons. The highest BCUT2D eigenvalue weighted by molar-refractivity contribution is 5.94. The van der Waals surface area contributed by atoms with Gasteiger partial charge in [-0.05, 0) is 38.0 Å². The zero-order valence-corrected chi connectivity index (χ0v) is 13.2. The topological polar surface area (TPSA) is 84.9 Å². The zero-order valence-electron chi connectivity index (χ0n) is 13.2. The molecule has 0 fully saturated rings. The van der Waals surface area contributed by atoms with E-state index in [1.165, 1.54) is 0 Å². The Morgan fingerprint density at radius 3 is 2.41 bits per heavy atom. The van der Waals surface area contributed by atoms with E-state index in [4.69, 9.17) is 14.6 Å². The molecule has 1 rings (SSSR count). The van der Waals surface area contributed by atoms with E-state index in [9.17, 15) is 9.59 Å². The first-order valence-electron chi connectivity index (χ1n) is 7.37. The Balaban J connectivity index is 2.72. The molecule has 2 N–H and O–H groups in total. The summed E-state index contributed by atoms with van der Waals surface area (Å²) in [5.41, 5.74) is 0.453. The Labute approximate surface area is 130 Å². The van der Waals surface area contributed by atoms with Crippen LogP contribution in [0.25, 0.3) is 0 Å². The Morgan fingerprint density at radius 1 is 1.18 bits per heavy atom. The van der Waals surface area contributed by atoms with E-state index in [-0.39, 0.29) is 18.2 Å². The first kappa shape index (κ1) is 17.8. The monoisotopic (exact) mass is 309 g/mol. The highest BCUT2D eigenvalue weighted by atomic mass is 16.5. The molecule has 1 aromatic rings. The lowest BCUT2D eigenvalue weighted by molar-refractivity contribution is -0.137. The summed E-state index contributed by atoms with van der Waals surface area (Å²) >= 11 is 0. The molecule has 0 aliphatic rings. The highest BCUT2D eigenvalue weighted by Gasteiger charge is 2.13. The summed E-state index contributed by atoms with van der Waals surface area (Å²) in [6.07, 6.45) is 0.0216. The normalized spacial score (nSPS) is 11.6. The van der Waals surface area contributed by atoms with Gasteiger partial charge in [-0.25, -0.2) is 0 Å². The van der Waals surface area contributed by atoms with Crippen molar-refractivity contribution in [2.45, 2.75) is 27.2 Å². The molecular formula is C16H23NO5. The molecule has 0 aliphatic carbocycles. The fourth-order valence-corrected chi connectivity index (χ4v) is 1.93. The molecule has 122 valence electrons. The maximum atomic E-state index is 12.1. The summed E-state index contributed by atoms with van der Waals surface area (Å²) in [6.45, 7) is 6.80. The molecule has 0 saturated carbocycles. The van der Waals surface area contributed by atoms with Crippen LogP contribution in [-0.2, 0) is 4.79 Å². The predicted octanol–water partition coefficient (Wildman–Crippen LogP) is 2.32. The van der Waals surface area contributed by atoms with Crippen molar-refractivity contribution in [1.29, 1.82) is 0 Å². The first-order chi connectivity index (χ1) is 10.5. The first-order valence-corrected chi connectivity index (χ1v) is 7.37. The number of carbonyl (C=O) groups excluding carboxylic acids is 1. The van der Waals surface area contributed by atoms with Gasteiger partial charge in [-0.2, -0.15) is 0 Å². The molecule has 0 spiro atoms. The van der Waals surface area contributed by atoms with Gasteiger partial charge in [0.25, 0.3) is 5.91 Å². The van der Waals surface area contributed by atoms with Crippen LogP contribution in [0.15, 0.2) is 18.2 Å². The van der Waals surface area contributed by atoms with Gasteiger partial charge in [-0.3, -0.25) is 9.59 Å². The second-order valence-electron chi connectivity index (χ2n) is 4.94. The van der Waals surface area contributed by atoms with Crippen LogP contribution in [-0.4, -0.2) is 36.7 Å². The molecule has 0 bridgehead atoms. The SMILES string of the molecule is CCOc1ccc(C(=O)NCC(C)CC(=O)O)cc1OCC. The summed E-state index contributed by atoms with van der Waals surface area (Å²) in [7, 11) is 0. The predicted molar refractivity (Wildman–Crippen MR) is 82.5 cm³/mol. The molecule has 0 aromatic heterocycles. The molecule has 0 aliphatic heterocycles. The number of rotatable bonds is 9. The number of aliphatic carboxylic acids is 1. The van der Waals surface area contributed by atoms with Gasteiger partial charge >= 0.3 is 5.97 Å². The van der Waals surface area contributed by atoms with Crippen LogP contribution in [0.2, 0.25) is 0 Å². The van der Waals surface area contributed by atoms with Gasteiger partial charge in [0.2, 0.25) is 0 Å². The lowest BCUT2D eigenvalue weighted by Crippen LogP contribution is -2.29. The minimum absolute atomic E-state index is 0.0216. The van der Waals surface area contributed by atoms with Gasteiger partial charge in [0.05, 0.1) is 13.2 Å². The van der Waals surface area contributed by atoms with Crippen molar-refractivity contribution < 1.29 is 24.2 Å².